The maximum absolute atomic E-state index is 11.9. The first-order valence-electron chi connectivity index (χ1n) is 14.3. The fraction of sp³-hybridized carbons (Fsp3) is 0.594. The molecule has 3 N–H and O–H groups in total. The fourth-order valence-corrected chi connectivity index (χ4v) is 6.70. The highest BCUT2D eigenvalue weighted by Crippen LogP contribution is 2.50. The molecule has 5 heteroatoms. The van der Waals surface area contributed by atoms with Gasteiger partial charge >= 0.3 is 5.97 Å². The van der Waals surface area contributed by atoms with Gasteiger partial charge in [-0.1, -0.05) is 89.3 Å². The Bertz CT molecular complexity index is 1020. The van der Waals surface area contributed by atoms with Crippen LogP contribution in [0.5, 0.6) is 17.2 Å². The predicted octanol–water partition coefficient (Wildman–Crippen LogP) is 8.08. The normalized spacial score (nSPS) is 22.7. The molecule has 0 aromatic heterocycles. The molecule has 0 unspecified atom stereocenters. The summed E-state index contributed by atoms with van der Waals surface area (Å²) in [5.74, 6) is 0.963. The lowest BCUT2D eigenvalue weighted by atomic mass is 9.66. The van der Waals surface area contributed by atoms with Gasteiger partial charge in [0, 0.05) is 17.4 Å². The standard InChI is InChI=1S/C32H44O5/c1-31(24-13-15-25(33)16-14-24)23-37-29-22-26(34)17-18-27(29)28(31)12-8-5-3-2-4-6-9-19-32(30(35)36)20-10-7-11-21-32/h13-18,22,28,33-34H,2-12,19-21,23H2,1H3,(H,35,36)/t28-,31-/m1/s1. The zero-order valence-corrected chi connectivity index (χ0v) is 22.4. The number of aromatic hydroxyl groups is 2. The van der Waals surface area contributed by atoms with Crippen molar-refractivity contribution in [3.05, 3.63) is 53.6 Å². The summed E-state index contributed by atoms with van der Waals surface area (Å²) in [4.78, 5) is 11.9. The van der Waals surface area contributed by atoms with Crippen LogP contribution in [-0.2, 0) is 10.2 Å². The average molecular weight is 509 g/mol. The van der Waals surface area contributed by atoms with Crippen LogP contribution in [-0.4, -0.2) is 27.9 Å². The molecule has 0 radical (unpaired) electrons. The largest absolute Gasteiger partial charge is 0.508 e. The lowest BCUT2D eigenvalue weighted by molar-refractivity contribution is -0.151. The van der Waals surface area contributed by atoms with E-state index in [9.17, 15) is 20.1 Å². The summed E-state index contributed by atoms with van der Waals surface area (Å²) in [7, 11) is 0. The first-order chi connectivity index (χ1) is 17.8. The van der Waals surface area contributed by atoms with Crippen LogP contribution in [0.2, 0.25) is 0 Å². The van der Waals surface area contributed by atoms with Crippen LogP contribution in [0.25, 0.3) is 0 Å². The number of hydrogen-bond acceptors (Lipinski definition) is 4. The van der Waals surface area contributed by atoms with Gasteiger partial charge in [0.1, 0.15) is 17.2 Å². The van der Waals surface area contributed by atoms with Gasteiger partial charge in [0.05, 0.1) is 12.0 Å². The molecule has 0 saturated heterocycles. The average Bonchev–Trinajstić information content (AvgIpc) is 2.89. The van der Waals surface area contributed by atoms with E-state index in [0.717, 1.165) is 74.7 Å². The van der Waals surface area contributed by atoms with E-state index in [1.807, 2.05) is 18.2 Å². The van der Waals surface area contributed by atoms with Crippen LogP contribution >= 0.6 is 0 Å². The second kappa shape index (κ2) is 12.2. The Hall–Kier alpha value is -2.69. The Labute approximate surface area is 221 Å². The van der Waals surface area contributed by atoms with E-state index < -0.39 is 11.4 Å². The van der Waals surface area contributed by atoms with Crippen LogP contribution in [0.4, 0.5) is 0 Å². The van der Waals surface area contributed by atoms with Crippen LogP contribution < -0.4 is 4.74 Å². The van der Waals surface area contributed by atoms with Gasteiger partial charge in [-0.05, 0) is 55.0 Å². The number of rotatable bonds is 12. The van der Waals surface area contributed by atoms with Crippen molar-refractivity contribution in [2.24, 2.45) is 5.41 Å². The molecule has 2 aromatic rings. The number of ether oxygens (including phenoxy) is 1. The first kappa shape index (κ1) is 27.3. The number of phenols is 2. The second-order valence-electron chi connectivity index (χ2n) is 11.7. The molecular weight excluding hydrogens is 464 g/mol. The van der Waals surface area contributed by atoms with Crippen molar-refractivity contribution >= 4 is 5.97 Å². The summed E-state index contributed by atoms with van der Waals surface area (Å²) in [5, 5.41) is 29.5. The molecule has 1 aliphatic heterocycles. The number of hydrogen-bond donors (Lipinski definition) is 3. The second-order valence-corrected chi connectivity index (χ2v) is 11.7. The number of carboxylic acid groups (broad SMARTS) is 1. The van der Waals surface area contributed by atoms with E-state index in [0.29, 0.717) is 6.61 Å². The van der Waals surface area contributed by atoms with Crippen LogP contribution in [0.1, 0.15) is 114 Å². The molecule has 1 heterocycles. The summed E-state index contributed by atoms with van der Waals surface area (Å²) in [6, 6.07) is 13.0. The van der Waals surface area contributed by atoms with Gasteiger partial charge in [-0.2, -0.15) is 0 Å². The van der Waals surface area contributed by atoms with Gasteiger partial charge < -0.3 is 20.1 Å². The predicted molar refractivity (Wildman–Crippen MR) is 147 cm³/mol. The number of carbonyl (C=O) groups is 1. The maximum Gasteiger partial charge on any atom is 0.309 e. The fourth-order valence-electron chi connectivity index (χ4n) is 6.70. The number of phenolic OH excluding ortho intramolecular Hbond substituents is 2. The topological polar surface area (TPSA) is 87.0 Å². The Balaban J connectivity index is 1.26. The number of benzene rings is 2. The van der Waals surface area contributed by atoms with Crippen LogP contribution in [0.15, 0.2) is 42.5 Å². The van der Waals surface area contributed by atoms with Crippen molar-refractivity contribution < 1.29 is 24.9 Å². The number of fused-ring (bicyclic) bond motifs is 1. The quantitative estimate of drug-likeness (QED) is 0.252. The molecule has 202 valence electrons. The molecule has 2 aromatic carbocycles. The molecule has 37 heavy (non-hydrogen) atoms. The molecule has 4 rings (SSSR count). The summed E-state index contributed by atoms with van der Waals surface area (Å²) in [6.45, 7) is 2.78. The lowest BCUT2D eigenvalue weighted by Gasteiger charge is -2.43. The van der Waals surface area contributed by atoms with E-state index in [1.54, 1.807) is 24.3 Å². The Morgan fingerprint density at radius 1 is 0.865 bits per heavy atom. The molecule has 1 aliphatic carbocycles. The van der Waals surface area contributed by atoms with Gasteiger partial charge in [-0.25, -0.2) is 0 Å². The monoisotopic (exact) mass is 508 g/mol. The minimum atomic E-state index is -0.573. The third kappa shape index (κ3) is 6.42. The maximum atomic E-state index is 11.9. The summed E-state index contributed by atoms with van der Waals surface area (Å²) in [6.07, 6.45) is 15.0. The molecule has 1 fully saturated rings. The zero-order chi connectivity index (χ0) is 26.3. The molecule has 2 atom stereocenters. The van der Waals surface area contributed by atoms with Gasteiger partial charge in [0.15, 0.2) is 0 Å². The zero-order valence-electron chi connectivity index (χ0n) is 22.4. The van der Waals surface area contributed by atoms with E-state index in [-0.39, 0.29) is 22.8 Å². The van der Waals surface area contributed by atoms with Crippen molar-refractivity contribution in [2.45, 2.75) is 108 Å². The van der Waals surface area contributed by atoms with E-state index in [2.05, 4.69) is 6.92 Å². The Morgan fingerprint density at radius 3 is 2.16 bits per heavy atom. The van der Waals surface area contributed by atoms with Crippen LogP contribution in [0, 0.1) is 5.41 Å². The SMILES string of the molecule is C[C@]1(c2ccc(O)cc2)COc2cc(O)ccc2[C@H]1CCCCCCCCCC1(C(=O)O)CCCCC1. The highest BCUT2D eigenvalue weighted by atomic mass is 16.5. The smallest absolute Gasteiger partial charge is 0.309 e. The van der Waals surface area contributed by atoms with E-state index >= 15 is 0 Å². The van der Waals surface area contributed by atoms with Gasteiger partial charge in [0.2, 0.25) is 0 Å². The molecular formula is C32H44O5. The molecule has 1 saturated carbocycles. The van der Waals surface area contributed by atoms with Crippen molar-refractivity contribution in [1.29, 1.82) is 0 Å². The van der Waals surface area contributed by atoms with E-state index in [4.69, 9.17) is 4.74 Å². The van der Waals surface area contributed by atoms with Crippen molar-refractivity contribution in [3.8, 4) is 17.2 Å². The lowest BCUT2D eigenvalue weighted by Crippen LogP contribution is -2.40. The highest BCUT2D eigenvalue weighted by molar-refractivity contribution is 5.74. The molecule has 0 amide bonds. The molecule has 5 nitrogen and oxygen atoms in total. The number of unbranched alkanes of at least 4 members (excludes halogenated alkanes) is 6. The number of carboxylic acids is 1. The summed E-state index contributed by atoms with van der Waals surface area (Å²) >= 11 is 0. The third-order valence-electron chi connectivity index (χ3n) is 9.11. The Kier molecular flexibility index (Phi) is 9.04. The van der Waals surface area contributed by atoms with Crippen molar-refractivity contribution in [1.82, 2.24) is 0 Å². The molecule has 2 aliphatic rings. The third-order valence-corrected chi connectivity index (χ3v) is 9.11. The van der Waals surface area contributed by atoms with Crippen molar-refractivity contribution in [3.63, 3.8) is 0 Å². The van der Waals surface area contributed by atoms with Crippen LogP contribution in [0.3, 0.4) is 0 Å². The van der Waals surface area contributed by atoms with E-state index in [1.165, 1.54) is 32.1 Å². The Morgan fingerprint density at radius 2 is 1.49 bits per heavy atom. The summed E-state index contributed by atoms with van der Waals surface area (Å²) < 4.78 is 6.12. The minimum Gasteiger partial charge on any atom is -0.508 e. The molecule has 0 bridgehead atoms. The highest BCUT2D eigenvalue weighted by Gasteiger charge is 2.42. The van der Waals surface area contributed by atoms with Gasteiger partial charge in [0.25, 0.3) is 0 Å². The first-order valence-corrected chi connectivity index (χ1v) is 14.3. The molecule has 0 spiro atoms. The number of aliphatic carboxylic acids is 1. The minimum absolute atomic E-state index is 0.211. The van der Waals surface area contributed by atoms with Gasteiger partial charge in [-0.3, -0.25) is 4.79 Å². The summed E-state index contributed by atoms with van der Waals surface area (Å²) in [5.41, 5.74) is 1.65. The van der Waals surface area contributed by atoms with Gasteiger partial charge in [-0.15, -0.1) is 0 Å². The van der Waals surface area contributed by atoms with Crippen molar-refractivity contribution in [2.75, 3.05) is 6.61 Å².